The fourth-order valence-electron chi connectivity index (χ4n) is 2.98. The van der Waals surface area contributed by atoms with Crippen molar-refractivity contribution in [2.24, 2.45) is 0 Å². The lowest BCUT2D eigenvalue weighted by Crippen LogP contribution is -2.24. The smallest absolute Gasteiger partial charge is 0.417 e. The second-order valence-electron chi connectivity index (χ2n) is 6.38. The molecule has 3 N–H and O–H groups in total. The first-order valence-electron chi connectivity index (χ1n) is 8.48. The van der Waals surface area contributed by atoms with Gasteiger partial charge in [-0.05, 0) is 30.3 Å². The number of nitrogens with zero attached hydrogens (tertiary/aromatic N) is 2. The Balaban J connectivity index is 1.65. The van der Waals surface area contributed by atoms with E-state index >= 15 is 0 Å². The predicted molar refractivity (Wildman–Crippen MR) is 103 cm³/mol. The summed E-state index contributed by atoms with van der Waals surface area (Å²) >= 11 is 5.82. The quantitative estimate of drug-likeness (QED) is 0.592. The van der Waals surface area contributed by atoms with Gasteiger partial charge in [0, 0.05) is 12.3 Å². The first-order valence-corrected chi connectivity index (χ1v) is 8.86. The molecule has 0 saturated heterocycles. The van der Waals surface area contributed by atoms with Crippen LogP contribution in [0.5, 0.6) is 11.6 Å². The van der Waals surface area contributed by atoms with Crippen molar-refractivity contribution in [2.75, 3.05) is 5.73 Å². The van der Waals surface area contributed by atoms with Crippen molar-refractivity contribution in [1.29, 1.82) is 0 Å². The second-order valence-corrected chi connectivity index (χ2v) is 6.79. The Hall–Kier alpha value is -3.86. The lowest BCUT2D eigenvalue weighted by Gasteiger charge is -2.13. The summed E-state index contributed by atoms with van der Waals surface area (Å²) in [7, 11) is 0. The van der Waals surface area contributed by atoms with Crippen molar-refractivity contribution >= 4 is 29.2 Å². The van der Waals surface area contributed by atoms with Crippen LogP contribution in [0.3, 0.4) is 0 Å². The summed E-state index contributed by atoms with van der Waals surface area (Å²) in [5.74, 6) is -1.72. The molecule has 0 spiro atoms. The number of nitrogens with one attached hydrogen (secondary N) is 1. The van der Waals surface area contributed by atoms with E-state index in [0.717, 1.165) is 10.6 Å². The monoisotopic (exact) mass is 450 g/mol. The van der Waals surface area contributed by atoms with E-state index < -0.39 is 29.1 Å². The van der Waals surface area contributed by atoms with Crippen LogP contribution in [0.4, 0.5) is 19.0 Å². The van der Waals surface area contributed by atoms with Gasteiger partial charge in [-0.1, -0.05) is 11.6 Å². The van der Waals surface area contributed by atoms with E-state index in [0.29, 0.717) is 12.3 Å². The number of fused-ring (bicyclic) bond motifs is 1. The van der Waals surface area contributed by atoms with Crippen LogP contribution in [0, 0.1) is 0 Å². The van der Waals surface area contributed by atoms with E-state index in [2.05, 4.69) is 10.3 Å². The van der Waals surface area contributed by atoms with E-state index in [1.54, 1.807) is 0 Å². The molecule has 2 aromatic heterocycles. The molecule has 0 bridgehead atoms. The van der Waals surface area contributed by atoms with E-state index in [1.807, 2.05) is 0 Å². The fraction of sp³-hybridized carbons (Fsp3) is 0.0526. The van der Waals surface area contributed by atoms with Crippen molar-refractivity contribution < 1.29 is 27.5 Å². The number of nitrogens with two attached hydrogens (primary N) is 1. The van der Waals surface area contributed by atoms with Crippen molar-refractivity contribution in [3.05, 3.63) is 74.7 Å². The minimum Gasteiger partial charge on any atom is -0.438 e. The number of nitrogen functional groups attached to an aromatic ring is 1. The number of rotatable bonds is 3. The first kappa shape index (κ1) is 20.4. The third-order valence-electron chi connectivity index (χ3n) is 4.40. The number of carbonyl (C=O) groups excluding carboxylic acids is 2. The molecule has 1 aliphatic heterocycles. The molecule has 3 heterocycles. The number of benzene rings is 1. The topological polar surface area (TPSA) is 116 Å². The van der Waals surface area contributed by atoms with Crippen molar-refractivity contribution in [1.82, 2.24) is 14.9 Å². The predicted octanol–water partition coefficient (Wildman–Crippen LogP) is 3.16. The van der Waals surface area contributed by atoms with Crippen LogP contribution in [0.2, 0.25) is 5.02 Å². The number of anilines is 1. The molecule has 0 saturated carbocycles. The highest BCUT2D eigenvalue weighted by molar-refractivity contribution is 6.31. The molecular weight excluding hydrogens is 441 g/mol. The standard InChI is InChI=1S/C19H10ClF3N4O4/c20-12-5-8(19(21,22)23)7-25-18(12)31-10-3-1-9(2-4-10)27-13(28)6-11-14(15(27)24)17(30)26-16(11)29/h1-7H,24H2,(H,26,29,30). The molecular formula is C19H10ClF3N4O4. The first-order chi connectivity index (χ1) is 14.6. The van der Waals surface area contributed by atoms with Crippen molar-refractivity contribution in [3.8, 4) is 17.3 Å². The third kappa shape index (κ3) is 3.59. The van der Waals surface area contributed by atoms with Crippen molar-refractivity contribution in [2.45, 2.75) is 6.18 Å². The number of alkyl halides is 3. The lowest BCUT2D eigenvalue weighted by molar-refractivity contribution is -0.137. The molecule has 1 aromatic carbocycles. The van der Waals surface area contributed by atoms with Gasteiger partial charge in [-0.25, -0.2) is 4.98 Å². The van der Waals surface area contributed by atoms with Gasteiger partial charge in [0.25, 0.3) is 17.4 Å². The van der Waals surface area contributed by atoms with E-state index in [1.165, 1.54) is 24.3 Å². The third-order valence-corrected chi connectivity index (χ3v) is 4.67. The average Bonchev–Trinajstić information content (AvgIpc) is 2.97. The van der Waals surface area contributed by atoms with Gasteiger partial charge in [0.1, 0.15) is 16.6 Å². The second kappa shape index (κ2) is 7.13. The normalized spacial score (nSPS) is 13.2. The molecule has 1 aliphatic rings. The Bertz CT molecular complexity index is 1300. The SMILES string of the molecule is Nc1c2c(cc(=O)n1-c1ccc(Oc3ncc(C(F)(F)F)cc3Cl)cc1)C(=O)NC2=O. The number of amides is 2. The maximum absolute atomic E-state index is 12.7. The molecule has 31 heavy (non-hydrogen) atoms. The zero-order valence-electron chi connectivity index (χ0n) is 15.2. The molecule has 2 amide bonds. The summed E-state index contributed by atoms with van der Waals surface area (Å²) < 4.78 is 44.5. The summed E-state index contributed by atoms with van der Waals surface area (Å²) in [5.41, 5.74) is 4.34. The Morgan fingerprint density at radius 1 is 1.06 bits per heavy atom. The molecule has 3 aromatic rings. The highest BCUT2D eigenvalue weighted by Gasteiger charge is 2.32. The molecule has 12 heteroatoms. The molecule has 0 fully saturated rings. The van der Waals surface area contributed by atoms with Gasteiger partial charge >= 0.3 is 6.18 Å². The highest BCUT2D eigenvalue weighted by Crippen LogP contribution is 2.34. The van der Waals surface area contributed by atoms with Gasteiger partial charge in [0.05, 0.1) is 22.4 Å². The molecule has 158 valence electrons. The summed E-state index contributed by atoms with van der Waals surface area (Å²) in [4.78, 5) is 39.7. The molecule has 8 nitrogen and oxygen atoms in total. The molecule has 0 unspecified atom stereocenters. The number of pyridine rings is 2. The lowest BCUT2D eigenvalue weighted by atomic mass is 10.1. The van der Waals surface area contributed by atoms with Gasteiger partial charge in [0.15, 0.2) is 0 Å². The summed E-state index contributed by atoms with van der Waals surface area (Å²) in [6.45, 7) is 0. The van der Waals surface area contributed by atoms with Crippen LogP contribution in [-0.2, 0) is 6.18 Å². The number of carbonyl (C=O) groups is 2. The number of hydrogen-bond acceptors (Lipinski definition) is 6. The van der Waals surface area contributed by atoms with Gasteiger partial charge in [-0.2, -0.15) is 13.2 Å². The molecule has 0 aliphatic carbocycles. The Labute approximate surface area is 176 Å². The van der Waals surface area contributed by atoms with Crippen LogP contribution in [0.25, 0.3) is 5.69 Å². The minimum absolute atomic E-state index is 0.105. The van der Waals surface area contributed by atoms with Crippen LogP contribution in [-0.4, -0.2) is 21.4 Å². The summed E-state index contributed by atoms with van der Waals surface area (Å²) in [6.07, 6.45) is -4.01. The average molecular weight is 451 g/mol. The van der Waals surface area contributed by atoms with Crippen LogP contribution in [0.1, 0.15) is 26.3 Å². The Kier molecular flexibility index (Phi) is 4.69. The Morgan fingerprint density at radius 3 is 2.35 bits per heavy atom. The Morgan fingerprint density at radius 2 is 1.74 bits per heavy atom. The fourth-order valence-corrected chi connectivity index (χ4v) is 3.18. The minimum atomic E-state index is -4.60. The van der Waals surface area contributed by atoms with Gasteiger partial charge < -0.3 is 10.5 Å². The molecule has 0 radical (unpaired) electrons. The number of ether oxygens (including phenoxy) is 1. The van der Waals surface area contributed by atoms with E-state index in [9.17, 15) is 27.6 Å². The number of imide groups is 1. The van der Waals surface area contributed by atoms with Gasteiger partial charge in [0.2, 0.25) is 5.88 Å². The summed E-state index contributed by atoms with van der Waals surface area (Å²) in [6, 6.07) is 7.33. The van der Waals surface area contributed by atoms with Gasteiger partial charge in [-0.15, -0.1) is 0 Å². The molecule has 0 atom stereocenters. The van der Waals surface area contributed by atoms with Gasteiger partial charge in [-0.3, -0.25) is 24.3 Å². The van der Waals surface area contributed by atoms with Crippen LogP contribution >= 0.6 is 11.6 Å². The maximum atomic E-state index is 12.7. The van der Waals surface area contributed by atoms with Crippen LogP contribution in [0.15, 0.2) is 47.4 Å². The zero-order valence-corrected chi connectivity index (χ0v) is 15.9. The maximum Gasteiger partial charge on any atom is 0.417 e. The van der Waals surface area contributed by atoms with E-state index in [4.69, 9.17) is 22.1 Å². The number of halogens is 4. The molecule has 4 rings (SSSR count). The number of hydrogen-bond donors (Lipinski definition) is 2. The summed E-state index contributed by atoms with van der Waals surface area (Å²) in [5, 5.41) is 1.72. The number of aromatic nitrogens is 2. The van der Waals surface area contributed by atoms with Crippen molar-refractivity contribution in [3.63, 3.8) is 0 Å². The zero-order chi connectivity index (χ0) is 22.5. The van der Waals surface area contributed by atoms with Crippen LogP contribution < -0.4 is 21.3 Å². The largest absolute Gasteiger partial charge is 0.438 e. The highest BCUT2D eigenvalue weighted by atomic mass is 35.5. The van der Waals surface area contributed by atoms with E-state index in [-0.39, 0.29) is 39.3 Å².